The van der Waals surface area contributed by atoms with E-state index < -0.39 is 29.9 Å². The summed E-state index contributed by atoms with van der Waals surface area (Å²) in [6.07, 6.45) is 4.42. The molecule has 7 rings (SSSR count). The molecule has 3 aliphatic heterocycles. The molecule has 9 nitrogen and oxygen atoms in total. The van der Waals surface area contributed by atoms with E-state index in [4.69, 9.17) is 42.1 Å². The highest BCUT2D eigenvalue weighted by Gasteiger charge is 2.38. The molecule has 0 spiro atoms. The van der Waals surface area contributed by atoms with Crippen LogP contribution in [0.5, 0.6) is 11.5 Å². The number of halogens is 3. The van der Waals surface area contributed by atoms with Crippen molar-refractivity contribution in [3.8, 4) is 11.5 Å². The fraction of sp³-hybridized carbons (Fsp3) is 0.342. The van der Waals surface area contributed by atoms with Crippen LogP contribution >= 0.6 is 23.2 Å². The van der Waals surface area contributed by atoms with Crippen LogP contribution in [0.25, 0.3) is 0 Å². The van der Waals surface area contributed by atoms with Crippen LogP contribution < -0.4 is 19.8 Å². The van der Waals surface area contributed by atoms with Gasteiger partial charge in [-0.25, -0.2) is 19.0 Å². The number of methoxy groups -OCH3 is 2. The Morgan fingerprint density at radius 1 is 0.960 bits per heavy atom. The summed E-state index contributed by atoms with van der Waals surface area (Å²) >= 11 is 12.9. The number of fused-ring (bicyclic) bond motifs is 3. The molecule has 3 fully saturated rings. The van der Waals surface area contributed by atoms with Crippen molar-refractivity contribution in [2.45, 2.75) is 44.1 Å². The molecule has 262 valence electrons. The zero-order valence-corrected chi connectivity index (χ0v) is 29.3. The molecule has 3 aliphatic rings. The van der Waals surface area contributed by atoms with Crippen molar-refractivity contribution in [1.29, 1.82) is 0 Å². The van der Waals surface area contributed by atoms with Crippen LogP contribution in [0.2, 0.25) is 10.0 Å². The van der Waals surface area contributed by atoms with E-state index in [0.29, 0.717) is 50.7 Å². The van der Waals surface area contributed by atoms with E-state index in [0.717, 1.165) is 31.5 Å². The van der Waals surface area contributed by atoms with E-state index in [-0.39, 0.29) is 24.6 Å². The second kappa shape index (κ2) is 16.2. The summed E-state index contributed by atoms with van der Waals surface area (Å²) in [6, 6.07) is 17.3. The molecule has 3 atom stereocenters. The highest BCUT2D eigenvalue weighted by Crippen LogP contribution is 2.36. The van der Waals surface area contributed by atoms with Gasteiger partial charge in [0.05, 0.1) is 19.8 Å². The van der Waals surface area contributed by atoms with Gasteiger partial charge in [0.15, 0.2) is 23.9 Å². The van der Waals surface area contributed by atoms with Crippen molar-refractivity contribution < 1.29 is 37.9 Å². The summed E-state index contributed by atoms with van der Waals surface area (Å²) in [5.74, 6) is -0.238. The van der Waals surface area contributed by atoms with Crippen LogP contribution in [0.15, 0.2) is 79.1 Å². The van der Waals surface area contributed by atoms with Crippen LogP contribution in [0, 0.1) is 11.7 Å². The number of aromatic nitrogens is 1. The minimum absolute atomic E-state index is 0.197. The zero-order valence-electron chi connectivity index (χ0n) is 27.8. The summed E-state index contributed by atoms with van der Waals surface area (Å²) in [6.45, 7) is 2.96. The minimum atomic E-state index is -1.01. The lowest BCUT2D eigenvalue weighted by molar-refractivity contribution is -0.377. The van der Waals surface area contributed by atoms with Gasteiger partial charge < -0.3 is 18.9 Å². The summed E-state index contributed by atoms with van der Waals surface area (Å²) < 4.78 is 37.9. The third kappa shape index (κ3) is 8.21. The number of aromatic amines is 1. The molecule has 4 heterocycles. The van der Waals surface area contributed by atoms with Gasteiger partial charge in [0.1, 0.15) is 34.1 Å². The number of carbonyl (C=O) groups excluding carboxylic acids is 2. The number of carbonyl (C=O) groups is 2. The number of esters is 2. The van der Waals surface area contributed by atoms with E-state index >= 15 is 0 Å². The van der Waals surface area contributed by atoms with E-state index in [1.54, 1.807) is 80.2 Å². The van der Waals surface area contributed by atoms with Gasteiger partial charge in [-0.2, -0.15) is 0 Å². The van der Waals surface area contributed by atoms with Crippen LogP contribution in [0.4, 0.5) is 4.39 Å². The van der Waals surface area contributed by atoms with Gasteiger partial charge >= 0.3 is 11.9 Å². The lowest BCUT2D eigenvalue weighted by atomic mass is 9.86. The van der Waals surface area contributed by atoms with Crippen LogP contribution in [0.1, 0.15) is 57.6 Å². The number of nitrogens with one attached hydrogen (secondary N) is 2. The summed E-state index contributed by atoms with van der Waals surface area (Å²) in [4.78, 5) is 32.2. The number of nitrogens with zero attached hydrogens (tertiary/aromatic N) is 1. The third-order valence-electron chi connectivity index (χ3n) is 9.43. The fourth-order valence-corrected chi connectivity index (χ4v) is 7.14. The van der Waals surface area contributed by atoms with Crippen LogP contribution in [0.3, 0.4) is 0 Å². The predicted octanol–water partition coefficient (Wildman–Crippen LogP) is 6.57. The van der Waals surface area contributed by atoms with E-state index in [1.165, 1.54) is 13.2 Å². The minimum Gasteiger partial charge on any atom is -0.493 e. The molecule has 0 saturated carbocycles. The maximum absolute atomic E-state index is 14.9. The number of hydrogen-bond acceptors (Lipinski definition) is 8. The molecule has 1 unspecified atom stereocenters. The quantitative estimate of drug-likeness (QED) is 0.155. The molecule has 0 amide bonds. The molecule has 3 saturated heterocycles. The normalized spacial score (nSPS) is 19.3. The number of hydrogen-bond donors (Lipinski definition) is 1. The molecule has 12 heteroatoms. The van der Waals surface area contributed by atoms with Crippen molar-refractivity contribution in [1.82, 2.24) is 10.2 Å². The lowest BCUT2D eigenvalue weighted by Crippen LogP contribution is -2.52. The summed E-state index contributed by atoms with van der Waals surface area (Å²) in [5.41, 5.74) is 2.56. The first-order chi connectivity index (χ1) is 24.2. The van der Waals surface area contributed by atoms with Gasteiger partial charge in [0, 0.05) is 30.6 Å². The molecule has 4 aromatic rings. The lowest BCUT2D eigenvalue weighted by Gasteiger charge is -2.44. The maximum atomic E-state index is 14.9. The van der Waals surface area contributed by atoms with Gasteiger partial charge in [0.2, 0.25) is 0 Å². The first kappa shape index (κ1) is 35.6. The smallest absolute Gasteiger partial charge is 0.338 e. The van der Waals surface area contributed by atoms with Crippen molar-refractivity contribution in [3.63, 3.8) is 0 Å². The Hall–Kier alpha value is -4.22. The highest BCUT2D eigenvalue weighted by molar-refractivity contribution is 6.35. The molecule has 2 N–H and O–H groups in total. The van der Waals surface area contributed by atoms with Crippen LogP contribution in [-0.4, -0.2) is 56.8 Å². The predicted molar refractivity (Wildman–Crippen MR) is 186 cm³/mol. The monoisotopic (exact) mass is 722 g/mol. The van der Waals surface area contributed by atoms with Gasteiger partial charge in [-0.1, -0.05) is 59.6 Å². The number of pyridine rings is 1. The average Bonchev–Trinajstić information content (AvgIpc) is 3.14. The maximum Gasteiger partial charge on any atom is 0.338 e. The summed E-state index contributed by atoms with van der Waals surface area (Å²) in [5, 5.41) is 3.99. The van der Waals surface area contributed by atoms with Crippen molar-refractivity contribution >= 4 is 35.1 Å². The molecular formula is C38H39Cl2FN3O6+. The number of H-pyrrole nitrogens is 1. The van der Waals surface area contributed by atoms with E-state index in [9.17, 15) is 14.0 Å². The molecule has 3 aromatic carbocycles. The first-order valence-electron chi connectivity index (χ1n) is 16.5. The van der Waals surface area contributed by atoms with Gasteiger partial charge in [-0.05, 0) is 73.3 Å². The number of ether oxygens (including phenoxy) is 4. The largest absolute Gasteiger partial charge is 0.493 e. The molecule has 1 aromatic heterocycles. The molecule has 50 heavy (non-hydrogen) atoms. The molecule has 0 aliphatic carbocycles. The Balaban J connectivity index is 1.16. The Morgan fingerprint density at radius 3 is 2.30 bits per heavy atom. The third-order valence-corrected chi connectivity index (χ3v) is 10.1. The Bertz CT molecular complexity index is 1800. The first-order valence-corrected chi connectivity index (χ1v) is 17.3. The number of rotatable bonds is 13. The molecule has 2 bridgehead atoms. The standard InChI is InChI=1S/C38H38Cl2FN3O6/c1-47-32-12-11-26(17-34(32)48-2)33(18-28-29(39)20-42-21-30(28)40)49-37(45)25-9-7-23(8-10-25)19-43-36(27-5-3-4-6-31(27)41)38(46)50-35-22-44-15-13-24(35)14-16-44/h3-12,17,20-21,24,33,35-36,43H,13-16,18-19,22H2,1-2H3/p+1/t33-,35-,36?/m0/s1. The van der Waals surface area contributed by atoms with Crippen LogP contribution in [-0.2, 0) is 27.2 Å². The average molecular weight is 724 g/mol. The molecule has 0 radical (unpaired) electrons. The SMILES string of the molecule is COc1ccc([C@H](Cc2c(Cl)c[nH+]cc2Cl)OC(=O)c2ccc(CNC(C(=O)O[C@H]3CN4CCC3CC4)c3ccccc3F)cc2)cc1OC. The van der Waals surface area contributed by atoms with Gasteiger partial charge in [-0.3, -0.25) is 10.2 Å². The van der Waals surface area contributed by atoms with Gasteiger partial charge in [-0.15, -0.1) is 0 Å². The van der Waals surface area contributed by atoms with Crippen molar-refractivity contribution in [3.05, 3.63) is 123 Å². The Kier molecular flexibility index (Phi) is 11.5. The van der Waals surface area contributed by atoms with Gasteiger partial charge in [0.25, 0.3) is 0 Å². The second-order valence-electron chi connectivity index (χ2n) is 12.5. The van der Waals surface area contributed by atoms with Crippen molar-refractivity contribution in [2.24, 2.45) is 5.92 Å². The van der Waals surface area contributed by atoms with E-state index in [2.05, 4.69) is 15.2 Å². The number of piperidine rings is 3. The molecular weight excluding hydrogens is 684 g/mol. The zero-order chi connectivity index (χ0) is 35.2. The Morgan fingerprint density at radius 2 is 1.66 bits per heavy atom. The number of benzene rings is 3. The highest BCUT2D eigenvalue weighted by atomic mass is 35.5. The van der Waals surface area contributed by atoms with E-state index in [1.807, 2.05) is 0 Å². The second-order valence-corrected chi connectivity index (χ2v) is 13.3. The topological polar surface area (TPSA) is 100 Å². The van der Waals surface area contributed by atoms with Crippen molar-refractivity contribution in [2.75, 3.05) is 33.9 Å². The summed E-state index contributed by atoms with van der Waals surface area (Å²) in [7, 11) is 3.07. The fourth-order valence-electron chi connectivity index (χ4n) is 6.60. The Labute approximate surface area is 300 Å².